The van der Waals surface area contributed by atoms with Gasteiger partial charge in [0.2, 0.25) is 0 Å². The second-order valence-corrected chi connectivity index (χ2v) is 6.64. The van der Waals surface area contributed by atoms with E-state index in [1.165, 1.54) is 18.2 Å². The van der Waals surface area contributed by atoms with Gasteiger partial charge in [-0.2, -0.15) is 13.2 Å². The summed E-state index contributed by atoms with van der Waals surface area (Å²) < 4.78 is 44.6. The van der Waals surface area contributed by atoms with E-state index in [2.05, 4.69) is 10.3 Å². The van der Waals surface area contributed by atoms with Crippen molar-refractivity contribution in [3.63, 3.8) is 0 Å². The van der Waals surface area contributed by atoms with Gasteiger partial charge in [0.05, 0.1) is 15.8 Å². The SMILES string of the molecule is O=C(Nc1nc2c(C(F)(F)F)cccc2s1)c1cc2ccccc2oc1=O. The topological polar surface area (TPSA) is 72.2 Å². The zero-order valence-corrected chi connectivity index (χ0v) is 14.1. The highest BCUT2D eigenvalue weighted by Gasteiger charge is 2.33. The number of nitrogens with zero attached hydrogens (tertiary/aromatic N) is 1. The van der Waals surface area contributed by atoms with Crippen LogP contribution in [-0.4, -0.2) is 10.9 Å². The number of para-hydroxylation sites is 2. The molecule has 2 aromatic heterocycles. The van der Waals surface area contributed by atoms with E-state index >= 15 is 0 Å². The van der Waals surface area contributed by atoms with Crippen molar-refractivity contribution in [1.82, 2.24) is 4.98 Å². The summed E-state index contributed by atoms with van der Waals surface area (Å²) in [6.07, 6.45) is -4.56. The Morgan fingerprint density at radius 1 is 1.11 bits per heavy atom. The van der Waals surface area contributed by atoms with Gasteiger partial charge in [0.1, 0.15) is 11.1 Å². The average Bonchev–Trinajstić information content (AvgIpc) is 3.02. The standard InChI is InChI=1S/C18H9F3N2O3S/c19-18(20,21)11-5-3-7-13-14(11)22-17(27-13)23-15(24)10-8-9-4-1-2-6-12(9)26-16(10)25/h1-8H,(H,22,23,24). The Morgan fingerprint density at radius 3 is 2.67 bits per heavy atom. The highest BCUT2D eigenvalue weighted by Crippen LogP contribution is 2.37. The number of hydrogen-bond donors (Lipinski definition) is 1. The minimum absolute atomic E-state index is 0.0424. The highest BCUT2D eigenvalue weighted by atomic mass is 32.1. The summed E-state index contributed by atoms with van der Waals surface area (Å²) in [4.78, 5) is 28.3. The van der Waals surface area contributed by atoms with Crippen LogP contribution in [0.2, 0.25) is 0 Å². The van der Waals surface area contributed by atoms with E-state index in [0.717, 1.165) is 17.4 Å². The molecule has 2 heterocycles. The minimum atomic E-state index is -4.56. The lowest BCUT2D eigenvalue weighted by molar-refractivity contribution is -0.136. The third-order valence-electron chi connectivity index (χ3n) is 3.83. The Morgan fingerprint density at radius 2 is 1.89 bits per heavy atom. The van der Waals surface area contributed by atoms with Gasteiger partial charge < -0.3 is 4.42 Å². The maximum Gasteiger partial charge on any atom is 0.418 e. The van der Waals surface area contributed by atoms with Gasteiger partial charge in [0.25, 0.3) is 5.91 Å². The number of aromatic nitrogens is 1. The van der Waals surface area contributed by atoms with E-state index in [9.17, 15) is 22.8 Å². The molecule has 27 heavy (non-hydrogen) atoms. The molecule has 0 saturated carbocycles. The molecule has 0 saturated heterocycles. The molecule has 0 unspecified atom stereocenters. The molecule has 4 aromatic rings. The van der Waals surface area contributed by atoms with Crippen molar-refractivity contribution in [2.24, 2.45) is 0 Å². The van der Waals surface area contributed by atoms with Gasteiger partial charge in [0, 0.05) is 5.39 Å². The van der Waals surface area contributed by atoms with E-state index in [4.69, 9.17) is 4.42 Å². The number of carbonyl (C=O) groups excluding carboxylic acids is 1. The van der Waals surface area contributed by atoms with Crippen molar-refractivity contribution in [2.75, 3.05) is 5.32 Å². The monoisotopic (exact) mass is 390 g/mol. The van der Waals surface area contributed by atoms with Crippen molar-refractivity contribution < 1.29 is 22.4 Å². The first-order valence-corrected chi connectivity index (χ1v) is 8.45. The summed E-state index contributed by atoms with van der Waals surface area (Å²) in [6.45, 7) is 0. The predicted molar refractivity (Wildman–Crippen MR) is 95.1 cm³/mol. The molecule has 2 aromatic carbocycles. The zero-order chi connectivity index (χ0) is 19.2. The van der Waals surface area contributed by atoms with Crippen molar-refractivity contribution >= 4 is 43.6 Å². The fourth-order valence-corrected chi connectivity index (χ4v) is 3.50. The van der Waals surface area contributed by atoms with Gasteiger partial charge in [-0.1, -0.05) is 35.6 Å². The number of thiazole rings is 1. The van der Waals surface area contributed by atoms with E-state index in [-0.39, 0.29) is 20.9 Å². The average molecular weight is 390 g/mol. The van der Waals surface area contributed by atoms with Crippen LogP contribution in [0.4, 0.5) is 18.3 Å². The van der Waals surface area contributed by atoms with Crippen LogP contribution < -0.4 is 10.9 Å². The van der Waals surface area contributed by atoms with Crippen molar-refractivity contribution in [3.8, 4) is 0 Å². The summed E-state index contributed by atoms with van der Waals surface area (Å²) in [5, 5.41) is 2.88. The second kappa shape index (κ2) is 6.20. The quantitative estimate of drug-likeness (QED) is 0.505. The Labute approximate surface area is 153 Å². The molecule has 136 valence electrons. The maximum atomic E-state index is 13.1. The molecular weight excluding hydrogens is 381 g/mol. The molecule has 0 fully saturated rings. The smallest absolute Gasteiger partial charge is 0.418 e. The second-order valence-electron chi connectivity index (χ2n) is 5.61. The van der Waals surface area contributed by atoms with Crippen LogP contribution in [-0.2, 0) is 6.18 Å². The number of alkyl halides is 3. The Balaban J connectivity index is 1.71. The lowest BCUT2D eigenvalue weighted by Crippen LogP contribution is -2.20. The Kier molecular flexibility index (Phi) is 3.96. The van der Waals surface area contributed by atoms with Crippen molar-refractivity contribution in [3.05, 3.63) is 70.1 Å². The molecule has 0 aliphatic carbocycles. The van der Waals surface area contributed by atoms with Crippen LogP contribution in [0.15, 0.2) is 57.7 Å². The fourth-order valence-electron chi connectivity index (χ4n) is 2.62. The molecule has 1 N–H and O–H groups in total. The zero-order valence-electron chi connectivity index (χ0n) is 13.3. The number of fused-ring (bicyclic) bond motifs is 2. The molecule has 1 amide bonds. The molecule has 0 aliphatic rings. The van der Waals surface area contributed by atoms with Crippen LogP contribution in [0.25, 0.3) is 21.2 Å². The first kappa shape index (κ1) is 17.2. The lowest BCUT2D eigenvalue weighted by atomic mass is 10.2. The van der Waals surface area contributed by atoms with Gasteiger partial charge in [0.15, 0.2) is 5.13 Å². The number of halogens is 3. The van der Waals surface area contributed by atoms with Crippen LogP contribution in [0.5, 0.6) is 0 Å². The summed E-state index contributed by atoms with van der Waals surface area (Å²) in [5.41, 5.74) is -1.92. The number of anilines is 1. The van der Waals surface area contributed by atoms with E-state index in [1.807, 2.05) is 0 Å². The van der Waals surface area contributed by atoms with E-state index in [1.54, 1.807) is 24.3 Å². The first-order valence-electron chi connectivity index (χ1n) is 7.64. The molecule has 0 radical (unpaired) electrons. The molecule has 5 nitrogen and oxygen atoms in total. The molecule has 0 aliphatic heterocycles. The van der Waals surface area contributed by atoms with Gasteiger partial charge in [-0.05, 0) is 24.3 Å². The van der Waals surface area contributed by atoms with Gasteiger partial charge in [-0.15, -0.1) is 0 Å². The minimum Gasteiger partial charge on any atom is -0.422 e. The van der Waals surface area contributed by atoms with Crippen LogP contribution >= 0.6 is 11.3 Å². The number of hydrogen-bond acceptors (Lipinski definition) is 5. The summed E-state index contributed by atoms with van der Waals surface area (Å²) in [7, 11) is 0. The third kappa shape index (κ3) is 3.17. The largest absolute Gasteiger partial charge is 0.422 e. The number of nitrogens with one attached hydrogen (secondary N) is 1. The molecule has 0 atom stereocenters. The van der Waals surface area contributed by atoms with Crippen molar-refractivity contribution in [2.45, 2.75) is 6.18 Å². The molecule has 0 spiro atoms. The Hall–Kier alpha value is -3.20. The number of benzene rings is 2. The third-order valence-corrected chi connectivity index (χ3v) is 4.77. The number of rotatable bonds is 2. The Bertz CT molecular complexity index is 1240. The molecule has 0 bridgehead atoms. The number of carbonyl (C=O) groups is 1. The van der Waals surface area contributed by atoms with E-state index in [0.29, 0.717) is 11.0 Å². The van der Waals surface area contributed by atoms with Crippen LogP contribution in [0.3, 0.4) is 0 Å². The molecular formula is C18H9F3N2O3S. The number of amides is 1. The van der Waals surface area contributed by atoms with Crippen LogP contribution in [0, 0.1) is 0 Å². The lowest BCUT2D eigenvalue weighted by Gasteiger charge is -2.06. The van der Waals surface area contributed by atoms with Gasteiger partial charge in [-0.3, -0.25) is 10.1 Å². The van der Waals surface area contributed by atoms with Crippen molar-refractivity contribution in [1.29, 1.82) is 0 Å². The van der Waals surface area contributed by atoms with Crippen LogP contribution in [0.1, 0.15) is 15.9 Å². The summed E-state index contributed by atoms with van der Waals surface area (Å²) in [6, 6.07) is 11.7. The van der Waals surface area contributed by atoms with Gasteiger partial charge in [-0.25, -0.2) is 9.78 Å². The normalized spacial score (nSPS) is 11.8. The summed E-state index contributed by atoms with van der Waals surface area (Å²) in [5.74, 6) is -0.804. The maximum absolute atomic E-state index is 13.1. The first-order chi connectivity index (χ1) is 12.8. The van der Waals surface area contributed by atoms with Gasteiger partial charge >= 0.3 is 11.8 Å². The van der Waals surface area contributed by atoms with E-state index < -0.39 is 23.3 Å². The molecule has 9 heteroatoms. The predicted octanol–water partition coefficient (Wildman–Crippen LogP) is 4.67. The summed E-state index contributed by atoms with van der Waals surface area (Å²) >= 11 is 0.884. The molecule has 4 rings (SSSR count). The highest BCUT2D eigenvalue weighted by molar-refractivity contribution is 7.22. The fraction of sp³-hybridized carbons (Fsp3) is 0.0556.